The van der Waals surface area contributed by atoms with Crippen molar-refractivity contribution in [2.45, 2.75) is 70.4 Å². The van der Waals surface area contributed by atoms with E-state index in [0.29, 0.717) is 0 Å². The van der Waals surface area contributed by atoms with Crippen LogP contribution in [0, 0.1) is 0 Å². The van der Waals surface area contributed by atoms with Crippen molar-refractivity contribution in [2.75, 3.05) is 23.4 Å². The van der Waals surface area contributed by atoms with Crippen LogP contribution in [0.4, 0.5) is 29.3 Å². The van der Waals surface area contributed by atoms with E-state index in [1.807, 2.05) is 6.92 Å². The summed E-state index contributed by atoms with van der Waals surface area (Å²) in [4.78, 5) is 22.5. The van der Waals surface area contributed by atoms with E-state index in [-0.39, 0.29) is 56.5 Å². The van der Waals surface area contributed by atoms with Gasteiger partial charge in [-0.05, 0) is 38.0 Å². The Kier molecular flexibility index (Phi) is 7.84. The van der Waals surface area contributed by atoms with E-state index in [4.69, 9.17) is 32.4 Å². The van der Waals surface area contributed by atoms with Gasteiger partial charge in [-0.1, -0.05) is 44.0 Å². The second kappa shape index (κ2) is 10.3. The Morgan fingerprint density at radius 1 is 1.20 bits per heavy atom. The molecule has 218 valence electrons. The van der Waals surface area contributed by atoms with E-state index in [2.05, 4.69) is 54.2 Å². The number of hydrogen-bond acceptors (Lipinski definition) is 6. The van der Waals surface area contributed by atoms with Crippen LogP contribution in [-0.2, 0) is 9.84 Å². The topological polar surface area (TPSA) is 93.9 Å². The van der Waals surface area contributed by atoms with E-state index in [1.165, 1.54) is 24.5 Å². The second-order valence-electron chi connectivity index (χ2n) is 11.6. The third kappa shape index (κ3) is 5.61. The monoisotopic (exact) mass is 618 g/mol. The summed E-state index contributed by atoms with van der Waals surface area (Å²) in [6.07, 6.45) is -2.39. The molecule has 0 saturated carbocycles. The average Bonchev–Trinajstić information content (AvgIpc) is 3.34. The molecule has 1 N–H and O–H groups in total. The van der Waals surface area contributed by atoms with E-state index >= 15 is 0 Å². The van der Waals surface area contributed by atoms with Gasteiger partial charge in [0.05, 0.1) is 35.6 Å². The van der Waals surface area contributed by atoms with Crippen LogP contribution >= 0.6 is 23.2 Å². The van der Waals surface area contributed by atoms with Crippen molar-refractivity contribution in [2.24, 2.45) is 0 Å². The number of aromatic nitrogens is 4. The van der Waals surface area contributed by atoms with E-state index < -0.39 is 32.5 Å². The Balaban J connectivity index is 1.50. The molecule has 0 saturated heterocycles. The molecule has 3 aromatic rings. The molecule has 2 amide bonds. The lowest BCUT2D eigenvalue weighted by molar-refractivity contribution is -0.181. The molecule has 0 spiro atoms. The number of carbonyl (C=O) groups excluding carboxylic acids is 1. The van der Waals surface area contributed by atoms with Crippen LogP contribution in [0.5, 0.6) is 5.88 Å². The molecule has 1 aliphatic rings. The third-order valence-electron chi connectivity index (χ3n) is 7.41. The van der Waals surface area contributed by atoms with Crippen molar-refractivity contribution in [3.63, 3.8) is 0 Å². The lowest BCUT2D eigenvalue weighted by Crippen LogP contribution is -2.46. The maximum absolute atomic E-state index is 14.3. The lowest BCUT2D eigenvalue weighted by atomic mass is 9.88. The minimum absolute atomic E-state index is 0.0164. The first kappa shape index (κ1) is 30.3. The van der Waals surface area contributed by atoms with Gasteiger partial charge in [-0.2, -0.15) is 18.3 Å². The fourth-order valence-electron chi connectivity index (χ4n) is 4.19. The number of fused-ring (bicyclic) bond motifs is 3. The van der Waals surface area contributed by atoms with Crippen molar-refractivity contribution in [3.05, 3.63) is 40.4 Å². The first-order chi connectivity index (χ1) is 18.3. The van der Waals surface area contributed by atoms with Gasteiger partial charge in [-0.15, -0.1) is 0 Å². The highest BCUT2D eigenvalue weighted by atomic mass is 35.5. The Morgan fingerprint density at radius 2 is 1.88 bits per heavy atom. The normalized spacial score (nSPS) is 18.6. The Bertz CT molecular complexity index is 1450. The standard InChI is InChI=1S/C25H31Cl2F3N6O3Si/c1-14(39-40(6,7)23(2,3)4)12-38-21-16(26)8-15(10-32-21)33-22(37)35-13-24(5,25(28,29)30)20-17(35)11-31-19-9-18(27)34-36(19)20/h8-11,14H,12-13H2,1-7H3,(H,33,37)/t14-,24?/m0/s1. The summed E-state index contributed by atoms with van der Waals surface area (Å²) >= 11 is 12.3. The zero-order valence-electron chi connectivity index (χ0n) is 23.2. The van der Waals surface area contributed by atoms with E-state index in [0.717, 1.165) is 16.3 Å². The Morgan fingerprint density at radius 3 is 2.48 bits per heavy atom. The number of halogens is 5. The van der Waals surface area contributed by atoms with Gasteiger partial charge in [0, 0.05) is 12.6 Å². The van der Waals surface area contributed by atoms with Crippen LogP contribution < -0.4 is 15.0 Å². The molecule has 0 bridgehead atoms. The maximum atomic E-state index is 14.3. The fraction of sp³-hybridized carbons (Fsp3) is 0.520. The van der Waals surface area contributed by atoms with E-state index in [1.54, 1.807) is 0 Å². The molecular formula is C25H31Cl2F3N6O3Si. The molecule has 1 aliphatic heterocycles. The number of ether oxygens (including phenoxy) is 1. The average molecular weight is 620 g/mol. The Hall–Kier alpha value is -2.61. The molecule has 9 nitrogen and oxygen atoms in total. The van der Waals surface area contributed by atoms with Crippen LogP contribution in [0.25, 0.3) is 5.65 Å². The zero-order chi connectivity index (χ0) is 29.8. The first-order valence-corrected chi connectivity index (χ1v) is 16.2. The number of alkyl halides is 3. The minimum atomic E-state index is -4.70. The number of nitrogens with zero attached hydrogens (tertiary/aromatic N) is 5. The number of pyridine rings is 1. The number of hydrogen-bond donors (Lipinski definition) is 1. The first-order valence-electron chi connectivity index (χ1n) is 12.5. The van der Waals surface area contributed by atoms with Crippen LogP contribution in [-0.4, -0.2) is 59.4 Å². The van der Waals surface area contributed by atoms with Crippen LogP contribution in [0.3, 0.4) is 0 Å². The molecule has 3 aromatic heterocycles. The lowest BCUT2D eigenvalue weighted by Gasteiger charge is -2.38. The van der Waals surface area contributed by atoms with Gasteiger partial charge in [0.1, 0.15) is 17.0 Å². The number of urea groups is 1. The van der Waals surface area contributed by atoms with Gasteiger partial charge < -0.3 is 14.5 Å². The largest absolute Gasteiger partial charge is 0.474 e. The summed E-state index contributed by atoms with van der Waals surface area (Å²) in [5, 5.41) is 6.67. The molecule has 4 heterocycles. The van der Waals surface area contributed by atoms with Gasteiger partial charge in [0.2, 0.25) is 5.88 Å². The molecule has 15 heteroatoms. The molecular weight excluding hydrogens is 588 g/mol. The number of amides is 2. The summed E-state index contributed by atoms with van der Waals surface area (Å²) in [6, 6.07) is 1.94. The SMILES string of the molecule is C[C@@H](COc1ncc(NC(=O)N2CC(C)(C(F)(F)F)c3c2cnc2cc(Cl)nn32)cc1Cl)O[Si](C)(C)C(C)(C)C. The minimum Gasteiger partial charge on any atom is -0.474 e. The predicted octanol–water partition coefficient (Wildman–Crippen LogP) is 7.09. The van der Waals surface area contributed by atoms with Crippen LogP contribution in [0.1, 0.15) is 40.3 Å². The number of carbonyl (C=O) groups is 1. The summed E-state index contributed by atoms with van der Waals surface area (Å²) in [7, 11) is -1.99. The predicted molar refractivity (Wildman–Crippen MR) is 150 cm³/mol. The van der Waals surface area contributed by atoms with Crippen molar-refractivity contribution in [1.29, 1.82) is 0 Å². The summed E-state index contributed by atoms with van der Waals surface area (Å²) in [6.45, 7) is 13.2. The van der Waals surface area contributed by atoms with Crippen molar-refractivity contribution < 1.29 is 27.1 Å². The van der Waals surface area contributed by atoms with Gasteiger partial charge in [-0.3, -0.25) is 4.90 Å². The molecule has 0 radical (unpaired) electrons. The van der Waals surface area contributed by atoms with E-state index in [9.17, 15) is 18.0 Å². The number of nitrogens with one attached hydrogen (secondary N) is 1. The quantitative estimate of drug-likeness (QED) is 0.296. The Labute approximate surface area is 241 Å². The molecule has 40 heavy (non-hydrogen) atoms. The van der Waals surface area contributed by atoms with Crippen molar-refractivity contribution >= 4 is 54.6 Å². The summed E-state index contributed by atoms with van der Waals surface area (Å²) in [5.41, 5.74) is -2.39. The van der Waals surface area contributed by atoms with Crippen molar-refractivity contribution in [1.82, 2.24) is 19.6 Å². The molecule has 4 rings (SSSR count). The zero-order valence-corrected chi connectivity index (χ0v) is 25.7. The van der Waals surface area contributed by atoms with Gasteiger partial charge in [-0.25, -0.2) is 19.3 Å². The van der Waals surface area contributed by atoms with Crippen molar-refractivity contribution in [3.8, 4) is 5.88 Å². The van der Waals surface area contributed by atoms with Crippen LogP contribution in [0.15, 0.2) is 24.5 Å². The molecule has 1 unspecified atom stereocenters. The van der Waals surface area contributed by atoms with Crippen LogP contribution in [0.2, 0.25) is 28.3 Å². The fourth-order valence-corrected chi connectivity index (χ4v) is 6.01. The highest BCUT2D eigenvalue weighted by Gasteiger charge is 2.60. The van der Waals surface area contributed by atoms with Gasteiger partial charge in [0.15, 0.2) is 19.1 Å². The molecule has 2 atom stereocenters. The maximum Gasteiger partial charge on any atom is 0.401 e. The summed E-state index contributed by atoms with van der Waals surface area (Å²) in [5.74, 6) is 0.142. The third-order valence-corrected chi connectivity index (χ3v) is 12.5. The summed E-state index contributed by atoms with van der Waals surface area (Å²) < 4.78 is 55.9. The highest BCUT2D eigenvalue weighted by Crippen LogP contribution is 2.50. The van der Waals surface area contributed by atoms with Gasteiger partial charge >= 0.3 is 12.2 Å². The smallest absolute Gasteiger partial charge is 0.401 e. The number of rotatable bonds is 6. The second-order valence-corrected chi connectivity index (χ2v) is 17.1. The molecule has 0 aliphatic carbocycles. The number of anilines is 2. The molecule has 0 fully saturated rings. The molecule has 0 aromatic carbocycles. The highest BCUT2D eigenvalue weighted by molar-refractivity contribution is 6.74. The van der Waals surface area contributed by atoms with Gasteiger partial charge in [0.25, 0.3) is 0 Å².